The monoisotopic (exact) mass is 359 g/mol. The summed E-state index contributed by atoms with van der Waals surface area (Å²) in [5, 5.41) is 2.17. The van der Waals surface area contributed by atoms with Crippen molar-refractivity contribution in [2.75, 3.05) is 5.32 Å². The standard InChI is InChI=1S/C14H9BrClF2NO/c1-7-4-8(15)2-3-13(7)19-14(20)9-5-12(18)10(16)6-11(9)17/h2-6H,1H3,(H,19,20). The van der Waals surface area contributed by atoms with E-state index in [0.717, 1.165) is 22.2 Å². The Labute approximate surface area is 127 Å². The number of rotatable bonds is 2. The Hall–Kier alpha value is -1.46. The van der Waals surface area contributed by atoms with Gasteiger partial charge in [0.05, 0.1) is 10.6 Å². The zero-order valence-corrected chi connectivity index (χ0v) is 12.6. The molecule has 0 saturated carbocycles. The van der Waals surface area contributed by atoms with Crippen LogP contribution in [0.5, 0.6) is 0 Å². The lowest BCUT2D eigenvalue weighted by Gasteiger charge is -2.10. The van der Waals surface area contributed by atoms with Gasteiger partial charge in [-0.3, -0.25) is 4.79 Å². The van der Waals surface area contributed by atoms with Crippen LogP contribution in [-0.4, -0.2) is 5.91 Å². The summed E-state index contributed by atoms with van der Waals surface area (Å²) in [7, 11) is 0. The number of aryl methyl sites for hydroxylation is 1. The number of hydrogen-bond donors (Lipinski definition) is 1. The number of benzene rings is 2. The van der Waals surface area contributed by atoms with Crippen molar-refractivity contribution in [3.05, 3.63) is 62.6 Å². The summed E-state index contributed by atoms with van der Waals surface area (Å²) in [6, 6.07) is 6.76. The second-order valence-corrected chi connectivity index (χ2v) is 5.48. The Morgan fingerprint density at radius 1 is 1.20 bits per heavy atom. The summed E-state index contributed by atoms with van der Waals surface area (Å²) in [4.78, 5) is 12.0. The van der Waals surface area contributed by atoms with Crippen LogP contribution in [0.3, 0.4) is 0 Å². The van der Waals surface area contributed by atoms with E-state index in [2.05, 4.69) is 21.2 Å². The maximum Gasteiger partial charge on any atom is 0.258 e. The van der Waals surface area contributed by atoms with E-state index in [4.69, 9.17) is 11.6 Å². The van der Waals surface area contributed by atoms with E-state index in [-0.39, 0.29) is 5.02 Å². The molecule has 0 saturated heterocycles. The van der Waals surface area contributed by atoms with E-state index in [1.807, 2.05) is 0 Å². The topological polar surface area (TPSA) is 29.1 Å². The molecule has 2 nitrogen and oxygen atoms in total. The lowest BCUT2D eigenvalue weighted by atomic mass is 10.1. The van der Waals surface area contributed by atoms with Crippen LogP contribution >= 0.6 is 27.5 Å². The number of hydrogen-bond acceptors (Lipinski definition) is 1. The predicted octanol–water partition coefficient (Wildman–Crippen LogP) is 4.94. The van der Waals surface area contributed by atoms with Crippen LogP contribution < -0.4 is 5.32 Å². The fraction of sp³-hybridized carbons (Fsp3) is 0.0714. The minimum Gasteiger partial charge on any atom is -0.322 e. The molecule has 0 aliphatic rings. The quantitative estimate of drug-likeness (QED) is 0.755. The molecule has 1 N–H and O–H groups in total. The zero-order chi connectivity index (χ0) is 14.9. The Kier molecular flexibility index (Phi) is 4.40. The Morgan fingerprint density at radius 3 is 2.55 bits per heavy atom. The van der Waals surface area contributed by atoms with Gasteiger partial charge in [-0.2, -0.15) is 0 Å². The molecule has 0 unspecified atom stereocenters. The average Bonchev–Trinajstić information content (AvgIpc) is 2.37. The molecule has 0 heterocycles. The fourth-order valence-electron chi connectivity index (χ4n) is 1.65. The summed E-state index contributed by atoms with van der Waals surface area (Å²) < 4.78 is 27.8. The first-order valence-electron chi connectivity index (χ1n) is 5.60. The number of carbonyl (C=O) groups is 1. The van der Waals surface area contributed by atoms with Gasteiger partial charge in [0.15, 0.2) is 0 Å². The molecule has 0 spiro atoms. The molecule has 0 atom stereocenters. The molecule has 0 fully saturated rings. The second-order valence-electron chi connectivity index (χ2n) is 4.16. The molecule has 1 amide bonds. The van der Waals surface area contributed by atoms with E-state index in [1.54, 1.807) is 25.1 Å². The Bertz CT molecular complexity index is 691. The number of anilines is 1. The third kappa shape index (κ3) is 3.16. The molecule has 0 radical (unpaired) electrons. The Morgan fingerprint density at radius 2 is 1.90 bits per heavy atom. The van der Waals surface area contributed by atoms with Gasteiger partial charge in [0.1, 0.15) is 11.6 Å². The lowest BCUT2D eigenvalue weighted by molar-refractivity contribution is 0.102. The number of halogens is 4. The molecule has 0 aliphatic carbocycles. The molecule has 2 rings (SSSR count). The van der Waals surface area contributed by atoms with Crippen LogP contribution in [0.2, 0.25) is 5.02 Å². The first kappa shape index (κ1) is 14.9. The van der Waals surface area contributed by atoms with Crippen LogP contribution in [0, 0.1) is 18.6 Å². The van der Waals surface area contributed by atoms with Crippen molar-refractivity contribution >= 4 is 39.1 Å². The van der Waals surface area contributed by atoms with Crippen molar-refractivity contribution in [2.24, 2.45) is 0 Å². The fourth-order valence-corrected chi connectivity index (χ4v) is 2.28. The van der Waals surface area contributed by atoms with Crippen molar-refractivity contribution in [3.63, 3.8) is 0 Å². The summed E-state index contributed by atoms with van der Waals surface area (Å²) in [5.74, 6) is -2.45. The van der Waals surface area contributed by atoms with Gasteiger partial charge in [0.2, 0.25) is 0 Å². The van der Waals surface area contributed by atoms with E-state index in [1.165, 1.54) is 0 Å². The molecule has 0 aliphatic heterocycles. The van der Waals surface area contributed by atoms with Crippen LogP contribution in [0.4, 0.5) is 14.5 Å². The highest BCUT2D eigenvalue weighted by molar-refractivity contribution is 9.10. The molecule has 2 aromatic carbocycles. The predicted molar refractivity (Wildman–Crippen MR) is 78.2 cm³/mol. The van der Waals surface area contributed by atoms with E-state index in [0.29, 0.717) is 5.69 Å². The second kappa shape index (κ2) is 5.89. The van der Waals surface area contributed by atoms with Crippen molar-refractivity contribution in [2.45, 2.75) is 6.92 Å². The largest absolute Gasteiger partial charge is 0.322 e. The van der Waals surface area contributed by atoms with E-state index in [9.17, 15) is 13.6 Å². The SMILES string of the molecule is Cc1cc(Br)ccc1NC(=O)c1cc(F)c(Cl)cc1F. The molecular weight excluding hydrogens is 352 g/mol. The summed E-state index contributed by atoms with van der Waals surface area (Å²) in [6.45, 7) is 1.79. The van der Waals surface area contributed by atoms with E-state index < -0.39 is 23.1 Å². The molecule has 104 valence electrons. The molecule has 6 heteroatoms. The molecule has 0 aromatic heterocycles. The highest BCUT2D eigenvalue weighted by Crippen LogP contribution is 2.23. The first-order valence-corrected chi connectivity index (χ1v) is 6.77. The average molecular weight is 361 g/mol. The molecular formula is C14H9BrClF2NO. The van der Waals surface area contributed by atoms with Gasteiger partial charge >= 0.3 is 0 Å². The Balaban J connectivity index is 2.31. The smallest absolute Gasteiger partial charge is 0.258 e. The van der Waals surface area contributed by atoms with Crippen molar-refractivity contribution < 1.29 is 13.6 Å². The minimum absolute atomic E-state index is 0.362. The number of carbonyl (C=O) groups excluding carboxylic acids is 1. The van der Waals surface area contributed by atoms with Crippen LogP contribution in [-0.2, 0) is 0 Å². The van der Waals surface area contributed by atoms with Crippen molar-refractivity contribution in [1.82, 2.24) is 0 Å². The summed E-state index contributed by atoms with van der Waals surface area (Å²) in [6.07, 6.45) is 0. The summed E-state index contributed by atoms with van der Waals surface area (Å²) >= 11 is 8.74. The third-order valence-electron chi connectivity index (χ3n) is 2.69. The highest BCUT2D eigenvalue weighted by Gasteiger charge is 2.16. The van der Waals surface area contributed by atoms with Gasteiger partial charge in [0.25, 0.3) is 5.91 Å². The van der Waals surface area contributed by atoms with Gasteiger partial charge in [-0.25, -0.2) is 8.78 Å². The lowest BCUT2D eigenvalue weighted by Crippen LogP contribution is -2.15. The van der Waals surface area contributed by atoms with Crippen molar-refractivity contribution in [1.29, 1.82) is 0 Å². The van der Waals surface area contributed by atoms with Gasteiger partial charge in [-0.05, 0) is 42.8 Å². The first-order chi connectivity index (χ1) is 9.38. The normalized spacial score (nSPS) is 10.4. The van der Waals surface area contributed by atoms with Crippen LogP contribution in [0.15, 0.2) is 34.8 Å². The summed E-state index contributed by atoms with van der Waals surface area (Å²) in [5.41, 5.74) is 0.921. The third-order valence-corrected chi connectivity index (χ3v) is 3.47. The molecule has 0 bridgehead atoms. The molecule has 20 heavy (non-hydrogen) atoms. The van der Waals surface area contributed by atoms with E-state index >= 15 is 0 Å². The van der Waals surface area contributed by atoms with Crippen LogP contribution in [0.1, 0.15) is 15.9 Å². The maximum absolute atomic E-state index is 13.6. The maximum atomic E-state index is 13.6. The van der Waals surface area contributed by atoms with Crippen molar-refractivity contribution in [3.8, 4) is 0 Å². The number of nitrogens with one attached hydrogen (secondary N) is 1. The van der Waals surface area contributed by atoms with Gasteiger partial charge in [-0.1, -0.05) is 27.5 Å². The molecule has 2 aromatic rings. The zero-order valence-electron chi connectivity index (χ0n) is 10.3. The van der Waals surface area contributed by atoms with Crippen LogP contribution in [0.25, 0.3) is 0 Å². The van der Waals surface area contributed by atoms with Gasteiger partial charge < -0.3 is 5.32 Å². The van der Waals surface area contributed by atoms with Gasteiger partial charge in [0, 0.05) is 10.2 Å². The number of amides is 1. The highest BCUT2D eigenvalue weighted by atomic mass is 79.9. The minimum atomic E-state index is -0.872. The van der Waals surface area contributed by atoms with Gasteiger partial charge in [-0.15, -0.1) is 0 Å².